The molecular formula is C14H20BrNO4. The van der Waals surface area contributed by atoms with Crippen molar-refractivity contribution in [3.8, 4) is 11.5 Å². The highest BCUT2D eigenvalue weighted by molar-refractivity contribution is 9.10. The molecule has 0 fully saturated rings. The maximum absolute atomic E-state index is 11.1. The van der Waals surface area contributed by atoms with Gasteiger partial charge in [0.15, 0.2) is 0 Å². The molecule has 0 bridgehead atoms. The second-order valence-corrected chi connectivity index (χ2v) is 5.15. The largest absolute Gasteiger partial charge is 0.497 e. The molecule has 1 unspecified atom stereocenters. The highest BCUT2D eigenvalue weighted by atomic mass is 79.9. The van der Waals surface area contributed by atoms with Crippen molar-refractivity contribution in [1.82, 2.24) is 0 Å². The van der Waals surface area contributed by atoms with Gasteiger partial charge in [-0.05, 0) is 18.9 Å². The average molecular weight is 346 g/mol. The van der Waals surface area contributed by atoms with Gasteiger partial charge in [-0.2, -0.15) is 0 Å². The summed E-state index contributed by atoms with van der Waals surface area (Å²) in [6.07, 6.45) is 1.69. The Kier molecular flexibility index (Phi) is 6.81. The van der Waals surface area contributed by atoms with Crippen LogP contribution in [0.5, 0.6) is 11.5 Å². The molecule has 0 saturated carbocycles. The molecule has 1 atom stereocenters. The maximum atomic E-state index is 11.1. The van der Waals surface area contributed by atoms with Crippen LogP contribution in [-0.4, -0.2) is 27.3 Å². The van der Waals surface area contributed by atoms with E-state index in [9.17, 15) is 4.79 Å². The van der Waals surface area contributed by atoms with Crippen molar-refractivity contribution < 1.29 is 19.0 Å². The number of nitrogens with two attached hydrogens (primary N) is 1. The summed E-state index contributed by atoms with van der Waals surface area (Å²) < 4.78 is 16.0. The first-order valence-electron chi connectivity index (χ1n) is 6.27. The summed E-state index contributed by atoms with van der Waals surface area (Å²) in [6, 6.07) is 3.41. The van der Waals surface area contributed by atoms with Crippen molar-refractivity contribution in [2.75, 3.05) is 21.3 Å². The highest BCUT2D eigenvalue weighted by Gasteiger charge is 2.17. The van der Waals surface area contributed by atoms with Gasteiger partial charge in [0.1, 0.15) is 11.5 Å². The van der Waals surface area contributed by atoms with Gasteiger partial charge in [-0.1, -0.05) is 15.9 Å². The molecule has 6 heteroatoms. The van der Waals surface area contributed by atoms with Crippen LogP contribution < -0.4 is 15.2 Å². The quantitative estimate of drug-likeness (QED) is 0.769. The summed E-state index contributed by atoms with van der Waals surface area (Å²) in [7, 11) is 4.56. The summed E-state index contributed by atoms with van der Waals surface area (Å²) in [5.41, 5.74) is 7.06. The van der Waals surface area contributed by atoms with Crippen LogP contribution in [-0.2, 0) is 9.53 Å². The van der Waals surface area contributed by atoms with Gasteiger partial charge in [-0.15, -0.1) is 0 Å². The van der Waals surface area contributed by atoms with Gasteiger partial charge in [0, 0.05) is 28.6 Å². The van der Waals surface area contributed by atoms with Crippen LogP contribution in [0.1, 0.15) is 30.9 Å². The Hall–Kier alpha value is -1.27. The van der Waals surface area contributed by atoms with Crippen molar-refractivity contribution in [2.24, 2.45) is 5.73 Å². The summed E-state index contributed by atoms with van der Waals surface area (Å²) >= 11 is 3.48. The fourth-order valence-electron chi connectivity index (χ4n) is 1.93. The third kappa shape index (κ3) is 4.38. The van der Waals surface area contributed by atoms with E-state index in [1.54, 1.807) is 20.3 Å². The number of ether oxygens (including phenoxy) is 3. The minimum absolute atomic E-state index is 0.224. The maximum Gasteiger partial charge on any atom is 0.305 e. The first kappa shape index (κ1) is 16.8. The van der Waals surface area contributed by atoms with E-state index in [2.05, 4.69) is 20.7 Å². The number of halogens is 1. The minimum Gasteiger partial charge on any atom is -0.497 e. The van der Waals surface area contributed by atoms with Crippen molar-refractivity contribution in [1.29, 1.82) is 0 Å². The highest BCUT2D eigenvalue weighted by Crippen LogP contribution is 2.37. The molecule has 0 amide bonds. The molecule has 2 N–H and O–H groups in total. The predicted molar refractivity (Wildman–Crippen MR) is 80.0 cm³/mol. The molecule has 20 heavy (non-hydrogen) atoms. The van der Waals surface area contributed by atoms with Crippen LogP contribution in [0.4, 0.5) is 0 Å². The molecule has 0 aliphatic carbocycles. The number of benzene rings is 1. The van der Waals surface area contributed by atoms with E-state index in [1.165, 1.54) is 7.11 Å². The van der Waals surface area contributed by atoms with E-state index < -0.39 is 0 Å². The first-order chi connectivity index (χ1) is 9.53. The Morgan fingerprint density at radius 2 is 2.00 bits per heavy atom. The fourth-order valence-corrected chi connectivity index (χ4v) is 2.64. The molecule has 0 saturated heterocycles. The zero-order valence-corrected chi connectivity index (χ0v) is 13.5. The Morgan fingerprint density at radius 1 is 1.30 bits per heavy atom. The van der Waals surface area contributed by atoms with Crippen LogP contribution in [0, 0.1) is 0 Å². The number of hydrogen-bond acceptors (Lipinski definition) is 5. The summed E-state index contributed by atoms with van der Waals surface area (Å²) in [5, 5.41) is 0. The van der Waals surface area contributed by atoms with Gasteiger partial charge >= 0.3 is 5.97 Å². The Labute approximate surface area is 127 Å². The predicted octanol–water partition coefficient (Wildman–Crippen LogP) is 2.81. The Bertz CT molecular complexity index is 465. The zero-order valence-electron chi connectivity index (χ0n) is 11.9. The number of methoxy groups -OCH3 is 3. The van der Waals surface area contributed by atoms with Gasteiger partial charge < -0.3 is 19.9 Å². The third-order valence-electron chi connectivity index (χ3n) is 3.02. The van der Waals surface area contributed by atoms with Gasteiger partial charge in [0.25, 0.3) is 0 Å². The monoisotopic (exact) mass is 345 g/mol. The Morgan fingerprint density at radius 3 is 2.55 bits per heavy atom. The van der Waals surface area contributed by atoms with E-state index in [4.69, 9.17) is 15.2 Å². The normalized spacial score (nSPS) is 11.8. The van der Waals surface area contributed by atoms with E-state index in [1.807, 2.05) is 6.07 Å². The van der Waals surface area contributed by atoms with Crippen molar-refractivity contribution >= 4 is 21.9 Å². The van der Waals surface area contributed by atoms with Gasteiger partial charge in [0.2, 0.25) is 0 Å². The smallest absolute Gasteiger partial charge is 0.305 e. The molecular weight excluding hydrogens is 326 g/mol. The molecule has 1 aromatic rings. The molecule has 1 rings (SSSR count). The summed E-state index contributed by atoms with van der Waals surface area (Å²) in [4.78, 5) is 11.1. The number of hydrogen-bond donors (Lipinski definition) is 1. The number of esters is 1. The average Bonchev–Trinajstić information content (AvgIpc) is 2.45. The fraction of sp³-hybridized carbons (Fsp3) is 0.500. The molecule has 112 valence electrons. The van der Waals surface area contributed by atoms with Gasteiger partial charge in [-0.25, -0.2) is 0 Å². The van der Waals surface area contributed by atoms with Crippen LogP contribution >= 0.6 is 15.9 Å². The van der Waals surface area contributed by atoms with Crippen LogP contribution in [0.25, 0.3) is 0 Å². The first-order valence-corrected chi connectivity index (χ1v) is 7.06. The number of carbonyl (C=O) groups is 1. The lowest BCUT2D eigenvalue weighted by molar-refractivity contribution is -0.140. The van der Waals surface area contributed by atoms with Crippen LogP contribution in [0.3, 0.4) is 0 Å². The number of carbonyl (C=O) groups excluding carboxylic acids is 1. The second kappa shape index (κ2) is 8.11. The van der Waals surface area contributed by atoms with Crippen molar-refractivity contribution in [3.05, 3.63) is 22.2 Å². The molecule has 5 nitrogen and oxygen atoms in total. The molecule has 0 heterocycles. The van der Waals surface area contributed by atoms with Crippen LogP contribution in [0.2, 0.25) is 0 Å². The molecule has 0 aliphatic rings. The van der Waals surface area contributed by atoms with Gasteiger partial charge in [0.05, 0.1) is 21.3 Å². The minimum atomic E-state index is -0.227. The van der Waals surface area contributed by atoms with E-state index in [0.717, 1.165) is 10.0 Å². The van der Waals surface area contributed by atoms with Gasteiger partial charge in [-0.3, -0.25) is 4.79 Å². The third-order valence-corrected chi connectivity index (χ3v) is 3.67. The molecule has 1 aromatic carbocycles. The van der Waals surface area contributed by atoms with Crippen LogP contribution in [0.15, 0.2) is 16.6 Å². The zero-order chi connectivity index (χ0) is 15.1. The van der Waals surface area contributed by atoms with E-state index >= 15 is 0 Å². The summed E-state index contributed by atoms with van der Waals surface area (Å²) in [5.74, 6) is 1.14. The SMILES string of the molecule is COC(=O)CCCC(N)c1c(Br)cc(OC)cc1OC. The Balaban J connectivity index is 2.81. The standard InChI is InChI=1S/C14H20BrNO4/c1-18-9-7-10(15)14(12(8-9)19-2)11(16)5-4-6-13(17)20-3/h7-8,11H,4-6,16H2,1-3H3. The van der Waals surface area contributed by atoms with Crippen molar-refractivity contribution in [3.63, 3.8) is 0 Å². The molecule has 0 spiro atoms. The second-order valence-electron chi connectivity index (χ2n) is 4.30. The lowest BCUT2D eigenvalue weighted by Gasteiger charge is -2.18. The lowest BCUT2D eigenvalue weighted by Crippen LogP contribution is -2.13. The lowest BCUT2D eigenvalue weighted by atomic mass is 10.0. The topological polar surface area (TPSA) is 70.8 Å². The molecule has 0 radical (unpaired) electrons. The van der Waals surface area contributed by atoms with E-state index in [0.29, 0.717) is 30.8 Å². The molecule has 0 aliphatic heterocycles. The number of rotatable bonds is 7. The van der Waals surface area contributed by atoms with E-state index in [-0.39, 0.29) is 12.0 Å². The van der Waals surface area contributed by atoms with Crippen molar-refractivity contribution in [2.45, 2.75) is 25.3 Å². The summed E-state index contributed by atoms with van der Waals surface area (Å²) in [6.45, 7) is 0. The molecule has 0 aromatic heterocycles.